The predicted molar refractivity (Wildman–Crippen MR) is 164 cm³/mol. The molecule has 0 fully saturated rings. The van der Waals surface area contributed by atoms with Gasteiger partial charge < -0.3 is 9.47 Å². The molecule has 0 saturated carbocycles. The smallest absolute Gasteiger partial charge is 0.297 e. The van der Waals surface area contributed by atoms with Crippen LogP contribution in [0.4, 0.5) is 0 Å². The van der Waals surface area contributed by atoms with Crippen LogP contribution in [0.15, 0.2) is 150 Å². The Hall–Kier alpha value is -4.07. The van der Waals surface area contributed by atoms with Crippen molar-refractivity contribution in [3.05, 3.63) is 173 Å². The van der Waals surface area contributed by atoms with Gasteiger partial charge in [-0.1, -0.05) is 139 Å². The van der Waals surface area contributed by atoms with Gasteiger partial charge in [0.1, 0.15) is 11.7 Å². The lowest BCUT2D eigenvalue weighted by atomic mass is 9.80. The molecule has 0 radical (unpaired) electrons. The molecule has 5 rings (SSSR count). The van der Waals surface area contributed by atoms with Crippen LogP contribution in [0.3, 0.4) is 0 Å². The maximum atomic E-state index is 13.4. The quantitative estimate of drug-likeness (QED) is 0.108. The summed E-state index contributed by atoms with van der Waals surface area (Å²) in [5, 5.41) is 0. The molecule has 0 amide bonds. The SMILES string of the molecule is Cc1ccc(S(=O)(=O)O[C@@H](COCc2ccccc2)COC(c2ccccc2)(c2ccccc2)c2ccccc2)cc1. The van der Waals surface area contributed by atoms with Crippen LogP contribution in [-0.4, -0.2) is 27.7 Å². The molecule has 0 N–H and O–H groups in total. The molecule has 0 heterocycles. The first-order valence-corrected chi connectivity index (χ1v) is 15.3. The second kappa shape index (κ2) is 13.7. The number of benzene rings is 5. The van der Waals surface area contributed by atoms with E-state index in [1.165, 1.54) is 0 Å². The average Bonchev–Trinajstić information content (AvgIpc) is 3.03. The second-order valence-corrected chi connectivity index (χ2v) is 11.6. The van der Waals surface area contributed by atoms with E-state index < -0.39 is 21.8 Å². The fraction of sp³-hybridized carbons (Fsp3) is 0.167. The standard InChI is InChI=1S/C36H34O5S/c1-29-22-24-35(25-23-29)42(37,38)41-34(27-39-26-30-14-6-2-7-15-30)28-40-36(31-16-8-3-9-17-31,32-18-10-4-11-19-32)33-20-12-5-13-21-33/h2-25,34H,26-28H2,1H3/t34-/m0/s1. The van der Waals surface area contributed by atoms with E-state index in [4.69, 9.17) is 13.7 Å². The van der Waals surface area contributed by atoms with Crippen molar-refractivity contribution in [3.8, 4) is 0 Å². The Bertz CT molecular complexity index is 1530. The third kappa shape index (κ3) is 7.04. The number of rotatable bonds is 13. The van der Waals surface area contributed by atoms with E-state index in [9.17, 15) is 8.42 Å². The zero-order valence-electron chi connectivity index (χ0n) is 23.5. The largest absolute Gasteiger partial charge is 0.374 e. The first-order chi connectivity index (χ1) is 20.5. The fourth-order valence-electron chi connectivity index (χ4n) is 4.91. The Morgan fingerprint density at radius 2 is 1.05 bits per heavy atom. The Kier molecular flexibility index (Phi) is 9.62. The van der Waals surface area contributed by atoms with Gasteiger partial charge in [-0.3, -0.25) is 4.18 Å². The van der Waals surface area contributed by atoms with E-state index in [-0.39, 0.29) is 18.1 Å². The summed E-state index contributed by atoms with van der Waals surface area (Å²) in [6, 6.07) is 46.1. The van der Waals surface area contributed by atoms with E-state index in [2.05, 4.69) is 0 Å². The zero-order valence-corrected chi connectivity index (χ0v) is 24.3. The van der Waals surface area contributed by atoms with Gasteiger partial charge in [-0.15, -0.1) is 0 Å². The van der Waals surface area contributed by atoms with Crippen molar-refractivity contribution in [1.82, 2.24) is 0 Å². The van der Waals surface area contributed by atoms with E-state index in [0.717, 1.165) is 27.8 Å². The molecule has 0 aromatic heterocycles. The van der Waals surface area contributed by atoms with Crippen LogP contribution in [0, 0.1) is 6.92 Å². The zero-order chi connectivity index (χ0) is 29.3. The van der Waals surface area contributed by atoms with E-state index >= 15 is 0 Å². The molecule has 5 aromatic rings. The van der Waals surface area contributed by atoms with Crippen LogP contribution in [0.5, 0.6) is 0 Å². The Labute approximate surface area is 248 Å². The van der Waals surface area contributed by atoms with Crippen LogP contribution in [0.25, 0.3) is 0 Å². The van der Waals surface area contributed by atoms with Crippen LogP contribution in [0.1, 0.15) is 27.8 Å². The van der Waals surface area contributed by atoms with Crippen molar-refractivity contribution in [1.29, 1.82) is 0 Å². The summed E-state index contributed by atoms with van der Waals surface area (Å²) in [4.78, 5) is 0.0848. The van der Waals surface area contributed by atoms with Crippen LogP contribution >= 0.6 is 0 Å². The Morgan fingerprint density at radius 3 is 1.52 bits per heavy atom. The molecule has 0 spiro atoms. The summed E-state index contributed by atoms with van der Waals surface area (Å²) in [6.45, 7) is 2.17. The van der Waals surface area contributed by atoms with Crippen molar-refractivity contribution < 1.29 is 22.1 Å². The van der Waals surface area contributed by atoms with Crippen LogP contribution < -0.4 is 0 Å². The molecule has 0 aliphatic heterocycles. The first kappa shape index (κ1) is 29.4. The van der Waals surface area contributed by atoms with E-state index in [1.54, 1.807) is 24.3 Å². The van der Waals surface area contributed by atoms with Gasteiger partial charge in [0.2, 0.25) is 0 Å². The number of aryl methyl sites for hydroxylation is 1. The number of ether oxygens (including phenoxy) is 2. The van der Waals surface area contributed by atoms with Crippen molar-refractivity contribution in [2.75, 3.05) is 13.2 Å². The highest BCUT2D eigenvalue weighted by Crippen LogP contribution is 2.40. The van der Waals surface area contributed by atoms with Gasteiger partial charge in [-0.05, 0) is 41.3 Å². The Morgan fingerprint density at radius 1 is 0.595 bits per heavy atom. The van der Waals surface area contributed by atoms with Crippen molar-refractivity contribution in [2.24, 2.45) is 0 Å². The summed E-state index contributed by atoms with van der Waals surface area (Å²) >= 11 is 0. The predicted octanol–water partition coefficient (Wildman–Crippen LogP) is 7.29. The summed E-state index contributed by atoms with van der Waals surface area (Å²) in [5.41, 5.74) is 3.63. The minimum atomic E-state index is -4.09. The third-order valence-electron chi connectivity index (χ3n) is 7.01. The second-order valence-electron chi connectivity index (χ2n) is 10.1. The van der Waals surface area contributed by atoms with Crippen LogP contribution in [-0.2, 0) is 36.0 Å². The lowest BCUT2D eigenvalue weighted by Gasteiger charge is -2.37. The topological polar surface area (TPSA) is 61.8 Å². The molecular weight excluding hydrogens is 544 g/mol. The molecular formula is C36H34O5S. The van der Waals surface area contributed by atoms with Crippen molar-refractivity contribution in [2.45, 2.75) is 30.1 Å². The van der Waals surface area contributed by atoms with Gasteiger partial charge in [0.25, 0.3) is 10.1 Å². The molecule has 0 bridgehead atoms. The summed E-state index contributed by atoms with van der Waals surface area (Å²) in [6.07, 6.45) is -0.921. The van der Waals surface area contributed by atoms with E-state index in [0.29, 0.717) is 6.61 Å². The van der Waals surface area contributed by atoms with Gasteiger partial charge in [0, 0.05) is 0 Å². The number of hydrogen-bond donors (Lipinski definition) is 0. The molecule has 5 aromatic carbocycles. The monoisotopic (exact) mass is 578 g/mol. The van der Waals surface area contributed by atoms with Gasteiger partial charge in [-0.2, -0.15) is 8.42 Å². The lowest BCUT2D eigenvalue weighted by Crippen LogP contribution is -2.38. The van der Waals surface area contributed by atoms with Gasteiger partial charge in [-0.25, -0.2) is 0 Å². The molecule has 5 nitrogen and oxygen atoms in total. The Balaban J connectivity index is 1.49. The van der Waals surface area contributed by atoms with Crippen LogP contribution in [0.2, 0.25) is 0 Å². The molecule has 6 heteroatoms. The number of hydrogen-bond acceptors (Lipinski definition) is 5. The average molecular weight is 579 g/mol. The third-order valence-corrected chi connectivity index (χ3v) is 8.39. The molecule has 0 aliphatic rings. The van der Waals surface area contributed by atoms with Gasteiger partial charge >= 0.3 is 0 Å². The minimum absolute atomic E-state index is 0.00837. The molecule has 0 saturated heterocycles. The normalized spacial score (nSPS) is 12.6. The maximum Gasteiger partial charge on any atom is 0.297 e. The maximum absolute atomic E-state index is 13.4. The molecule has 0 unspecified atom stereocenters. The van der Waals surface area contributed by atoms with Gasteiger partial charge in [0.15, 0.2) is 0 Å². The highest BCUT2D eigenvalue weighted by molar-refractivity contribution is 7.86. The lowest BCUT2D eigenvalue weighted by molar-refractivity contribution is -0.0556. The van der Waals surface area contributed by atoms with Crippen molar-refractivity contribution in [3.63, 3.8) is 0 Å². The highest BCUT2D eigenvalue weighted by Gasteiger charge is 2.39. The summed E-state index contributed by atoms with van der Waals surface area (Å²) < 4.78 is 45.5. The molecule has 1 atom stereocenters. The molecule has 42 heavy (non-hydrogen) atoms. The highest BCUT2D eigenvalue weighted by atomic mass is 32.2. The van der Waals surface area contributed by atoms with Gasteiger partial charge in [0.05, 0.1) is 24.7 Å². The first-order valence-electron chi connectivity index (χ1n) is 13.9. The van der Waals surface area contributed by atoms with E-state index in [1.807, 2.05) is 128 Å². The van der Waals surface area contributed by atoms with Crippen molar-refractivity contribution >= 4 is 10.1 Å². The summed E-state index contributed by atoms with van der Waals surface area (Å²) in [5.74, 6) is 0. The molecule has 214 valence electrons. The fourth-order valence-corrected chi connectivity index (χ4v) is 5.96. The molecule has 0 aliphatic carbocycles. The summed E-state index contributed by atoms with van der Waals surface area (Å²) in [7, 11) is -4.09. The minimum Gasteiger partial charge on any atom is -0.374 e.